The molecule has 0 radical (unpaired) electrons. The molecule has 0 aliphatic rings. The third kappa shape index (κ3) is 9.06. The minimum atomic E-state index is -0.798. The highest BCUT2D eigenvalue weighted by Gasteiger charge is 2.35. The van der Waals surface area contributed by atoms with Gasteiger partial charge in [0.2, 0.25) is 11.8 Å². The largest absolute Gasteiger partial charge is 0.444 e. The molecule has 3 amide bonds. The Balaban J connectivity index is 3.32. The molecule has 0 aliphatic heterocycles. The van der Waals surface area contributed by atoms with Gasteiger partial charge in [0.05, 0.1) is 0 Å². The van der Waals surface area contributed by atoms with Gasteiger partial charge < -0.3 is 20.3 Å². The van der Waals surface area contributed by atoms with Crippen molar-refractivity contribution in [3.05, 3.63) is 34.9 Å². The lowest BCUT2D eigenvalue weighted by molar-refractivity contribution is -0.143. The van der Waals surface area contributed by atoms with Crippen LogP contribution in [0.4, 0.5) is 4.79 Å². The Hall–Kier alpha value is -2.57. The van der Waals surface area contributed by atoms with Crippen LogP contribution in [0, 0.1) is 13.8 Å². The second kappa shape index (κ2) is 12.6. The van der Waals surface area contributed by atoms with Crippen molar-refractivity contribution in [2.45, 2.75) is 105 Å². The highest BCUT2D eigenvalue weighted by atomic mass is 16.6. The van der Waals surface area contributed by atoms with Crippen LogP contribution in [0.3, 0.4) is 0 Å². The second-order valence-electron chi connectivity index (χ2n) is 9.87. The number of ether oxygens (including phenoxy) is 1. The molecule has 1 aromatic carbocycles. The topological polar surface area (TPSA) is 87.7 Å². The van der Waals surface area contributed by atoms with Gasteiger partial charge in [-0.1, -0.05) is 44.0 Å². The van der Waals surface area contributed by atoms with Crippen LogP contribution in [-0.4, -0.2) is 47.0 Å². The summed E-state index contributed by atoms with van der Waals surface area (Å²) in [5, 5.41) is 5.63. The third-order valence-corrected chi connectivity index (χ3v) is 5.49. The van der Waals surface area contributed by atoms with E-state index in [1.165, 1.54) is 0 Å². The molecule has 7 heteroatoms. The number of hydrogen-bond donors (Lipinski definition) is 2. The van der Waals surface area contributed by atoms with Crippen molar-refractivity contribution in [3.63, 3.8) is 0 Å². The van der Waals surface area contributed by atoms with Crippen molar-refractivity contribution >= 4 is 17.9 Å². The van der Waals surface area contributed by atoms with Crippen molar-refractivity contribution in [1.29, 1.82) is 0 Å². The zero-order chi connectivity index (χ0) is 25.3. The van der Waals surface area contributed by atoms with Crippen molar-refractivity contribution in [3.8, 4) is 0 Å². The first-order chi connectivity index (χ1) is 15.3. The monoisotopic (exact) mass is 461 g/mol. The van der Waals surface area contributed by atoms with E-state index in [-0.39, 0.29) is 30.4 Å². The highest BCUT2D eigenvalue weighted by molar-refractivity contribution is 5.91. The van der Waals surface area contributed by atoms with Gasteiger partial charge in [0, 0.05) is 12.1 Å². The van der Waals surface area contributed by atoms with E-state index in [1.807, 2.05) is 52.8 Å². The van der Waals surface area contributed by atoms with Gasteiger partial charge in [0.1, 0.15) is 18.2 Å². The van der Waals surface area contributed by atoms with Gasteiger partial charge in [-0.25, -0.2) is 4.79 Å². The number of rotatable bonds is 10. The summed E-state index contributed by atoms with van der Waals surface area (Å²) in [6.45, 7) is 16.9. The number of carbonyl (C=O) groups excluding carboxylic acids is 3. The van der Waals surface area contributed by atoms with E-state index >= 15 is 0 Å². The molecule has 0 fully saturated rings. The summed E-state index contributed by atoms with van der Waals surface area (Å²) >= 11 is 0. The van der Waals surface area contributed by atoms with Crippen LogP contribution in [0.2, 0.25) is 0 Å². The van der Waals surface area contributed by atoms with Crippen LogP contribution < -0.4 is 10.6 Å². The van der Waals surface area contributed by atoms with Gasteiger partial charge in [-0.15, -0.1) is 0 Å². The molecule has 0 saturated heterocycles. The number of hydrogen-bond acceptors (Lipinski definition) is 4. The number of carbonyl (C=O) groups is 3. The third-order valence-electron chi connectivity index (χ3n) is 5.49. The van der Waals surface area contributed by atoms with Crippen LogP contribution in [-0.2, 0) is 14.3 Å². The minimum Gasteiger partial charge on any atom is -0.444 e. The number of alkyl carbamates (subject to hydrolysis) is 1. The molecule has 2 N–H and O–H groups in total. The molecule has 0 saturated carbocycles. The number of amides is 3. The zero-order valence-electron chi connectivity index (χ0n) is 21.9. The molecule has 0 aliphatic carbocycles. The molecule has 3 atom stereocenters. The smallest absolute Gasteiger partial charge is 0.408 e. The Morgan fingerprint density at radius 3 is 2.24 bits per heavy atom. The summed E-state index contributed by atoms with van der Waals surface area (Å²) in [7, 11) is 0. The van der Waals surface area contributed by atoms with Crippen LogP contribution in [0.1, 0.15) is 90.5 Å². The van der Waals surface area contributed by atoms with Crippen molar-refractivity contribution < 1.29 is 19.1 Å². The molecular formula is C26H43N3O4. The maximum Gasteiger partial charge on any atom is 0.408 e. The molecule has 1 rings (SSSR count). The normalized spacial score (nSPS) is 14.1. The summed E-state index contributed by atoms with van der Waals surface area (Å²) in [5.41, 5.74) is 2.15. The summed E-state index contributed by atoms with van der Waals surface area (Å²) < 4.78 is 5.26. The second-order valence-corrected chi connectivity index (χ2v) is 9.87. The molecular weight excluding hydrogens is 418 g/mol. The van der Waals surface area contributed by atoms with E-state index in [2.05, 4.69) is 17.6 Å². The van der Waals surface area contributed by atoms with E-state index in [0.29, 0.717) is 6.42 Å². The maximum absolute atomic E-state index is 13.5. The first kappa shape index (κ1) is 28.5. The Bertz CT molecular complexity index is 816. The average Bonchev–Trinajstić information content (AvgIpc) is 2.69. The van der Waals surface area contributed by atoms with E-state index < -0.39 is 17.7 Å². The minimum absolute atomic E-state index is 0.00970. The molecule has 186 valence electrons. The average molecular weight is 462 g/mol. The molecule has 0 heterocycles. The highest BCUT2D eigenvalue weighted by Crippen LogP contribution is 2.28. The van der Waals surface area contributed by atoms with Gasteiger partial charge in [0.15, 0.2) is 0 Å². The van der Waals surface area contributed by atoms with Gasteiger partial charge in [0.25, 0.3) is 0 Å². The first-order valence-electron chi connectivity index (χ1n) is 12.0. The van der Waals surface area contributed by atoms with E-state index in [4.69, 9.17) is 4.74 Å². The van der Waals surface area contributed by atoms with Crippen LogP contribution in [0.25, 0.3) is 0 Å². The quantitative estimate of drug-likeness (QED) is 0.524. The first-order valence-corrected chi connectivity index (χ1v) is 12.0. The molecule has 3 unspecified atom stereocenters. The van der Waals surface area contributed by atoms with Crippen LogP contribution >= 0.6 is 0 Å². The number of benzene rings is 1. The maximum atomic E-state index is 13.5. The van der Waals surface area contributed by atoms with Crippen LogP contribution in [0.5, 0.6) is 0 Å². The van der Waals surface area contributed by atoms with Crippen molar-refractivity contribution in [2.75, 3.05) is 6.54 Å². The van der Waals surface area contributed by atoms with E-state index in [1.54, 1.807) is 25.7 Å². The van der Waals surface area contributed by atoms with Gasteiger partial charge in [-0.3, -0.25) is 9.59 Å². The molecule has 1 aromatic rings. The molecule has 33 heavy (non-hydrogen) atoms. The Morgan fingerprint density at radius 1 is 1.09 bits per heavy atom. The predicted octanol–water partition coefficient (Wildman–Crippen LogP) is 4.80. The van der Waals surface area contributed by atoms with Crippen LogP contribution in [0.15, 0.2) is 18.2 Å². The SMILES string of the molecule is CCCC(C)NC(=O)C(c1ccc(C)cc1C)N(C(=O)CNC(=O)OC(C)(C)C)C(C)CC. The number of nitrogens with one attached hydrogen (secondary N) is 2. The molecule has 7 nitrogen and oxygen atoms in total. The number of nitrogens with zero attached hydrogens (tertiary/aromatic N) is 1. The Labute approximate surface area is 199 Å². The predicted molar refractivity (Wildman–Crippen MR) is 132 cm³/mol. The fourth-order valence-corrected chi connectivity index (χ4v) is 3.77. The van der Waals surface area contributed by atoms with E-state index in [0.717, 1.165) is 29.5 Å². The zero-order valence-corrected chi connectivity index (χ0v) is 21.9. The molecule has 0 spiro atoms. The Morgan fingerprint density at radius 2 is 1.73 bits per heavy atom. The van der Waals surface area contributed by atoms with Gasteiger partial charge in [-0.05, 0) is 72.4 Å². The van der Waals surface area contributed by atoms with E-state index in [9.17, 15) is 14.4 Å². The van der Waals surface area contributed by atoms with Crippen molar-refractivity contribution in [2.24, 2.45) is 0 Å². The Kier molecular flexibility index (Phi) is 10.9. The summed E-state index contributed by atoms with van der Waals surface area (Å²) in [4.78, 5) is 40.7. The fourth-order valence-electron chi connectivity index (χ4n) is 3.77. The number of aryl methyl sites for hydroxylation is 2. The standard InChI is InChI=1S/C26H43N3O4/c1-10-12-19(5)28-24(31)23(21-14-13-17(3)15-18(21)4)29(20(6)11-2)22(30)16-27-25(32)33-26(7,8)9/h13-15,19-20,23H,10-12,16H2,1-9H3,(H,27,32)(H,28,31). The lowest BCUT2D eigenvalue weighted by atomic mass is 9.95. The van der Waals surface area contributed by atoms with Gasteiger partial charge >= 0.3 is 6.09 Å². The summed E-state index contributed by atoms with van der Waals surface area (Å²) in [5.74, 6) is -0.549. The summed E-state index contributed by atoms with van der Waals surface area (Å²) in [6, 6.07) is 4.87. The summed E-state index contributed by atoms with van der Waals surface area (Å²) in [6.07, 6.45) is 1.80. The van der Waals surface area contributed by atoms with Gasteiger partial charge in [-0.2, -0.15) is 0 Å². The fraction of sp³-hybridized carbons (Fsp3) is 0.654. The molecule has 0 aromatic heterocycles. The van der Waals surface area contributed by atoms with Crippen molar-refractivity contribution in [1.82, 2.24) is 15.5 Å². The lowest BCUT2D eigenvalue weighted by Gasteiger charge is -2.37. The molecule has 0 bridgehead atoms. The lowest BCUT2D eigenvalue weighted by Crippen LogP contribution is -2.52.